The van der Waals surface area contributed by atoms with Gasteiger partial charge in [0.1, 0.15) is 6.67 Å². The van der Waals surface area contributed by atoms with E-state index >= 15 is 0 Å². The van der Waals surface area contributed by atoms with Crippen molar-refractivity contribution in [1.29, 1.82) is 0 Å². The van der Waals surface area contributed by atoms with Crippen LogP contribution in [0.5, 0.6) is 0 Å². The Morgan fingerprint density at radius 2 is 2.23 bits per heavy atom. The molecule has 0 amide bonds. The quantitative estimate of drug-likeness (QED) is 0.726. The van der Waals surface area contributed by atoms with Crippen LogP contribution in [0.25, 0.3) is 10.9 Å². The maximum absolute atomic E-state index is 12.4. The Kier molecular flexibility index (Phi) is 2.02. The van der Waals surface area contributed by atoms with Crippen molar-refractivity contribution in [2.24, 2.45) is 5.73 Å². The van der Waals surface area contributed by atoms with Crippen LogP contribution in [0.4, 0.5) is 4.39 Å². The summed E-state index contributed by atoms with van der Waals surface area (Å²) < 4.78 is 12.4. The van der Waals surface area contributed by atoms with Crippen molar-refractivity contribution in [2.75, 3.05) is 6.67 Å². The third-order valence-corrected chi connectivity index (χ3v) is 2.19. The summed E-state index contributed by atoms with van der Waals surface area (Å²) in [7, 11) is 0. The summed E-state index contributed by atoms with van der Waals surface area (Å²) in [6, 6.07) is 7.09. The Morgan fingerprint density at radius 1 is 1.38 bits per heavy atom. The SMILES string of the molecule is NC(CF)c1cccc2[nH]ccc12. The third kappa shape index (κ3) is 1.31. The largest absolute Gasteiger partial charge is 0.361 e. The lowest BCUT2D eigenvalue weighted by molar-refractivity contribution is 0.438. The molecule has 1 unspecified atom stereocenters. The zero-order chi connectivity index (χ0) is 9.26. The summed E-state index contributed by atoms with van der Waals surface area (Å²) in [5, 5.41) is 1.01. The van der Waals surface area contributed by atoms with E-state index in [4.69, 9.17) is 5.73 Å². The van der Waals surface area contributed by atoms with Crippen molar-refractivity contribution in [2.45, 2.75) is 6.04 Å². The van der Waals surface area contributed by atoms with E-state index in [1.54, 1.807) is 0 Å². The lowest BCUT2D eigenvalue weighted by Crippen LogP contribution is -2.12. The molecule has 1 aromatic heterocycles. The van der Waals surface area contributed by atoms with Gasteiger partial charge in [-0.15, -0.1) is 0 Å². The Balaban J connectivity index is 2.60. The van der Waals surface area contributed by atoms with Gasteiger partial charge in [0.15, 0.2) is 0 Å². The fraction of sp³-hybridized carbons (Fsp3) is 0.200. The molecule has 0 fully saturated rings. The lowest BCUT2D eigenvalue weighted by atomic mass is 10.0. The number of rotatable bonds is 2. The first-order valence-corrected chi connectivity index (χ1v) is 4.20. The van der Waals surface area contributed by atoms with Crippen LogP contribution in [0, 0.1) is 0 Å². The molecule has 0 aliphatic carbocycles. The molecule has 13 heavy (non-hydrogen) atoms. The minimum absolute atomic E-state index is 0.514. The summed E-state index contributed by atoms with van der Waals surface area (Å²) in [6.07, 6.45) is 1.83. The zero-order valence-corrected chi connectivity index (χ0v) is 7.13. The fourth-order valence-electron chi connectivity index (χ4n) is 1.52. The molecule has 0 bridgehead atoms. The molecule has 0 radical (unpaired) electrons. The number of hydrogen-bond acceptors (Lipinski definition) is 1. The van der Waals surface area contributed by atoms with Gasteiger partial charge in [-0.1, -0.05) is 12.1 Å². The maximum Gasteiger partial charge on any atom is 0.109 e. The lowest BCUT2D eigenvalue weighted by Gasteiger charge is -2.08. The number of nitrogens with two attached hydrogens (primary N) is 1. The summed E-state index contributed by atoms with van der Waals surface area (Å²) in [6.45, 7) is -0.524. The van der Waals surface area contributed by atoms with Crippen molar-refractivity contribution in [1.82, 2.24) is 4.98 Å². The number of hydrogen-bond donors (Lipinski definition) is 2. The average Bonchev–Trinajstić information content (AvgIpc) is 2.63. The predicted octanol–water partition coefficient (Wildman–Crippen LogP) is 2.14. The number of H-pyrrole nitrogens is 1. The van der Waals surface area contributed by atoms with Gasteiger partial charge in [0.05, 0.1) is 6.04 Å². The molecule has 0 saturated carbocycles. The van der Waals surface area contributed by atoms with Crippen LogP contribution in [0.1, 0.15) is 11.6 Å². The van der Waals surface area contributed by atoms with Gasteiger partial charge in [-0.3, -0.25) is 0 Å². The van der Waals surface area contributed by atoms with E-state index < -0.39 is 12.7 Å². The highest BCUT2D eigenvalue weighted by molar-refractivity contribution is 5.83. The van der Waals surface area contributed by atoms with Crippen LogP contribution in [-0.2, 0) is 0 Å². The number of aromatic nitrogens is 1. The zero-order valence-electron chi connectivity index (χ0n) is 7.13. The predicted molar refractivity (Wildman–Crippen MR) is 51.2 cm³/mol. The standard InChI is InChI=1S/C10H11FN2/c11-6-9(12)7-2-1-3-10-8(7)4-5-13-10/h1-5,9,13H,6,12H2. The van der Waals surface area contributed by atoms with E-state index in [0.29, 0.717) is 0 Å². The van der Waals surface area contributed by atoms with E-state index in [1.807, 2.05) is 30.5 Å². The molecule has 0 aliphatic rings. The van der Waals surface area contributed by atoms with E-state index in [1.165, 1.54) is 0 Å². The van der Waals surface area contributed by atoms with Crippen LogP contribution in [0.3, 0.4) is 0 Å². The Hall–Kier alpha value is -1.35. The average molecular weight is 178 g/mol. The second-order valence-electron chi connectivity index (χ2n) is 3.05. The highest BCUT2D eigenvalue weighted by atomic mass is 19.1. The summed E-state index contributed by atoms with van der Waals surface area (Å²) in [5.41, 5.74) is 7.49. The first-order chi connectivity index (χ1) is 6.33. The van der Waals surface area contributed by atoms with Crippen LogP contribution in [0.2, 0.25) is 0 Å². The molecule has 0 spiro atoms. The van der Waals surface area contributed by atoms with Crippen LogP contribution >= 0.6 is 0 Å². The molecule has 2 nitrogen and oxygen atoms in total. The van der Waals surface area contributed by atoms with Crippen LogP contribution < -0.4 is 5.73 Å². The highest BCUT2D eigenvalue weighted by Gasteiger charge is 2.08. The topological polar surface area (TPSA) is 41.8 Å². The molecule has 3 N–H and O–H groups in total. The molecule has 0 saturated heterocycles. The van der Waals surface area contributed by atoms with Crippen molar-refractivity contribution in [3.05, 3.63) is 36.0 Å². The second kappa shape index (κ2) is 3.18. The first-order valence-electron chi connectivity index (χ1n) is 4.20. The minimum atomic E-state index is -0.524. The number of nitrogens with one attached hydrogen (secondary N) is 1. The molecule has 0 aliphatic heterocycles. The molecule has 1 heterocycles. The van der Waals surface area contributed by atoms with Crippen LogP contribution in [-0.4, -0.2) is 11.7 Å². The normalized spacial score (nSPS) is 13.4. The number of benzene rings is 1. The molecule has 1 atom stereocenters. The van der Waals surface area contributed by atoms with E-state index in [9.17, 15) is 4.39 Å². The smallest absolute Gasteiger partial charge is 0.109 e. The van der Waals surface area contributed by atoms with Crippen molar-refractivity contribution < 1.29 is 4.39 Å². The molecular formula is C10H11FN2. The van der Waals surface area contributed by atoms with Gasteiger partial charge < -0.3 is 10.7 Å². The molecule has 3 heteroatoms. The van der Waals surface area contributed by atoms with Gasteiger partial charge in [0, 0.05) is 17.1 Å². The fourth-order valence-corrected chi connectivity index (χ4v) is 1.52. The summed E-state index contributed by atoms with van der Waals surface area (Å²) >= 11 is 0. The minimum Gasteiger partial charge on any atom is -0.361 e. The van der Waals surface area contributed by atoms with E-state index in [0.717, 1.165) is 16.5 Å². The second-order valence-corrected chi connectivity index (χ2v) is 3.05. The third-order valence-electron chi connectivity index (χ3n) is 2.19. The summed E-state index contributed by atoms with van der Waals surface area (Å²) in [4.78, 5) is 3.06. The van der Waals surface area contributed by atoms with E-state index in [2.05, 4.69) is 4.98 Å². The highest BCUT2D eigenvalue weighted by Crippen LogP contribution is 2.22. The Bertz CT molecular complexity index is 408. The number of alkyl halides is 1. The summed E-state index contributed by atoms with van der Waals surface area (Å²) in [5.74, 6) is 0. The van der Waals surface area contributed by atoms with Gasteiger partial charge >= 0.3 is 0 Å². The molecule has 2 aromatic rings. The van der Waals surface area contributed by atoms with Gasteiger partial charge in [-0.25, -0.2) is 4.39 Å². The molecule has 1 aromatic carbocycles. The first kappa shape index (κ1) is 8.26. The molecule has 68 valence electrons. The number of fused-ring (bicyclic) bond motifs is 1. The van der Waals surface area contributed by atoms with Crippen molar-refractivity contribution in [3.8, 4) is 0 Å². The van der Waals surface area contributed by atoms with Crippen LogP contribution in [0.15, 0.2) is 30.5 Å². The molecular weight excluding hydrogens is 167 g/mol. The Labute approximate surface area is 75.6 Å². The van der Waals surface area contributed by atoms with Gasteiger partial charge in [-0.2, -0.15) is 0 Å². The number of aromatic amines is 1. The van der Waals surface area contributed by atoms with Crippen molar-refractivity contribution in [3.63, 3.8) is 0 Å². The van der Waals surface area contributed by atoms with Gasteiger partial charge in [-0.05, 0) is 17.7 Å². The monoisotopic (exact) mass is 178 g/mol. The Morgan fingerprint density at radius 3 is 3.00 bits per heavy atom. The van der Waals surface area contributed by atoms with Crippen molar-refractivity contribution >= 4 is 10.9 Å². The molecule has 2 rings (SSSR count). The maximum atomic E-state index is 12.4. The van der Waals surface area contributed by atoms with Gasteiger partial charge in [0.25, 0.3) is 0 Å². The van der Waals surface area contributed by atoms with E-state index in [-0.39, 0.29) is 0 Å². The van der Waals surface area contributed by atoms with Gasteiger partial charge in [0.2, 0.25) is 0 Å². The number of halogens is 1.